The first-order chi connectivity index (χ1) is 8.54. The Labute approximate surface area is 107 Å². The van der Waals surface area contributed by atoms with Gasteiger partial charge in [0.2, 0.25) is 5.91 Å². The Morgan fingerprint density at radius 3 is 2.78 bits per heavy atom. The lowest BCUT2D eigenvalue weighted by molar-refractivity contribution is -0.122. The fraction of sp³-hybridized carbons (Fsp3) is 0.818. The van der Waals surface area contributed by atoms with Gasteiger partial charge in [0.1, 0.15) is 6.54 Å². The van der Waals surface area contributed by atoms with Crippen molar-refractivity contribution in [2.45, 2.75) is 39.7 Å². The maximum atomic E-state index is 11.7. The van der Waals surface area contributed by atoms with Crippen molar-refractivity contribution < 1.29 is 9.90 Å². The minimum absolute atomic E-state index is 0.117. The number of carbonyl (C=O) groups is 1. The summed E-state index contributed by atoms with van der Waals surface area (Å²) in [7, 11) is 0. The lowest BCUT2D eigenvalue weighted by atomic mass is 10.1. The number of aliphatic hydroxyl groups excluding tert-OH is 1. The van der Waals surface area contributed by atoms with Crippen molar-refractivity contribution >= 4 is 5.91 Å². The highest BCUT2D eigenvalue weighted by atomic mass is 16.3. The molecule has 0 radical (unpaired) electrons. The number of amides is 1. The van der Waals surface area contributed by atoms with E-state index < -0.39 is 0 Å². The zero-order valence-electron chi connectivity index (χ0n) is 11.1. The van der Waals surface area contributed by atoms with Gasteiger partial charge in [0, 0.05) is 19.1 Å². The van der Waals surface area contributed by atoms with Crippen molar-refractivity contribution in [3.8, 4) is 0 Å². The minimum Gasteiger partial charge on any atom is -0.396 e. The van der Waals surface area contributed by atoms with E-state index in [1.165, 1.54) is 4.68 Å². The summed E-state index contributed by atoms with van der Waals surface area (Å²) in [6.07, 6.45) is 0.683. The third-order valence-electron chi connectivity index (χ3n) is 2.64. The van der Waals surface area contributed by atoms with Crippen LogP contribution in [0, 0.1) is 5.92 Å². The SMILES string of the molecule is CC(CCO)CNC(=O)Cn1nnnc1C(C)C. The van der Waals surface area contributed by atoms with E-state index in [1.54, 1.807) is 0 Å². The predicted octanol–water partition coefficient (Wildman–Crippen LogP) is -0.0688. The van der Waals surface area contributed by atoms with Crippen LogP contribution in [-0.4, -0.2) is 44.4 Å². The largest absolute Gasteiger partial charge is 0.396 e. The molecule has 1 aromatic rings. The standard InChI is InChI=1S/C11H21N5O2/c1-8(2)11-13-14-15-16(11)7-10(18)12-6-9(3)4-5-17/h8-9,17H,4-7H2,1-3H3,(H,12,18). The van der Waals surface area contributed by atoms with E-state index >= 15 is 0 Å². The van der Waals surface area contributed by atoms with Gasteiger partial charge in [0.05, 0.1) is 0 Å². The lowest BCUT2D eigenvalue weighted by Gasteiger charge is -2.11. The Bertz CT molecular complexity index is 377. The van der Waals surface area contributed by atoms with Crippen molar-refractivity contribution in [2.75, 3.05) is 13.2 Å². The number of aliphatic hydroxyl groups is 1. The fourth-order valence-corrected chi connectivity index (χ4v) is 1.54. The summed E-state index contributed by atoms with van der Waals surface area (Å²) < 4.78 is 1.51. The molecule has 7 nitrogen and oxygen atoms in total. The van der Waals surface area contributed by atoms with Crippen LogP contribution in [-0.2, 0) is 11.3 Å². The van der Waals surface area contributed by atoms with E-state index in [9.17, 15) is 4.79 Å². The smallest absolute Gasteiger partial charge is 0.241 e. The molecule has 1 atom stereocenters. The van der Waals surface area contributed by atoms with Crippen molar-refractivity contribution in [1.82, 2.24) is 25.5 Å². The summed E-state index contributed by atoms with van der Waals surface area (Å²) in [5, 5.41) is 22.8. The van der Waals surface area contributed by atoms with Gasteiger partial charge in [-0.25, -0.2) is 4.68 Å². The van der Waals surface area contributed by atoms with E-state index in [1.807, 2.05) is 20.8 Å². The van der Waals surface area contributed by atoms with Crippen molar-refractivity contribution in [3.05, 3.63) is 5.82 Å². The molecule has 0 spiro atoms. The highest BCUT2D eigenvalue weighted by Gasteiger charge is 2.13. The van der Waals surface area contributed by atoms with Crippen LogP contribution in [0.1, 0.15) is 38.9 Å². The van der Waals surface area contributed by atoms with Gasteiger partial charge in [-0.3, -0.25) is 4.79 Å². The Balaban J connectivity index is 2.42. The van der Waals surface area contributed by atoms with Crippen molar-refractivity contribution in [2.24, 2.45) is 5.92 Å². The third kappa shape index (κ3) is 4.40. The number of hydrogen-bond acceptors (Lipinski definition) is 5. The number of rotatable bonds is 7. The van der Waals surface area contributed by atoms with Crippen LogP contribution in [0.25, 0.3) is 0 Å². The normalized spacial score (nSPS) is 12.7. The zero-order valence-corrected chi connectivity index (χ0v) is 11.1. The summed E-state index contributed by atoms with van der Waals surface area (Å²) in [4.78, 5) is 11.7. The molecule has 0 fully saturated rings. The summed E-state index contributed by atoms with van der Waals surface area (Å²) >= 11 is 0. The van der Waals surface area contributed by atoms with Crippen LogP contribution in [0.2, 0.25) is 0 Å². The molecular formula is C11H21N5O2. The summed E-state index contributed by atoms with van der Waals surface area (Å²) in [6, 6.07) is 0. The van der Waals surface area contributed by atoms with Gasteiger partial charge in [-0.05, 0) is 22.8 Å². The highest BCUT2D eigenvalue weighted by molar-refractivity contribution is 5.75. The molecule has 0 saturated heterocycles. The van der Waals surface area contributed by atoms with E-state index in [-0.39, 0.29) is 30.9 Å². The van der Waals surface area contributed by atoms with Crippen LogP contribution in [0.4, 0.5) is 0 Å². The van der Waals surface area contributed by atoms with Crippen LogP contribution >= 0.6 is 0 Å². The first kappa shape index (κ1) is 14.6. The second-order valence-corrected chi connectivity index (χ2v) is 4.77. The molecule has 0 aliphatic carbocycles. The van der Waals surface area contributed by atoms with E-state index in [4.69, 9.17) is 5.11 Å². The first-order valence-corrected chi connectivity index (χ1v) is 6.18. The van der Waals surface area contributed by atoms with Gasteiger partial charge in [-0.2, -0.15) is 0 Å². The monoisotopic (exact) mass is 255 g/mol. The molecule has 102 valence electrons. The molecule has 1 heterocycles. The average Bonchev–Trinajstić information content (AvgIpc) is 2.75. The predicted molar refractivity (Wildman–Crippen MR) is 65.8 cm³/mol. The molecule has 7 heteroatoms. The maximum absolute atomic E-state index is 11.7. The Morgan fingerprint density at radius 2 is 2.17 bits per heavy atom. The van der Waals surface area contributed by atoms with Gasteiger partial charge >= 0.3 is 0 Å². The molecule has 0 aliphatic rings. The highest BCUT2D eigenvalue weighted by Crippen LogP contribution is 2.08. The second-order valence-electron chi connectivity index (χ2n) is 4.77. The van der Waals surface area contributed by atoms with E-state index in [0.29, 0.717) is 18.8 Å². The van der Waals surface area contributed by atoms with Gasteiger partial charge in [0.15, 0.2) is 5.82 Å². The van der Waals surface area contributed by atoms with Crippen molar-refractivity contribution in [1.29, 1.82) is 0 Å². The summed E-state index contributed by atoms with van der Waals surface area (Å²) in [5.74, 6) is 1.03. The van der Waals surface area contributed by atoms with Gasteiger partial charge in [0.25, 0.3) is 0 Å². The number of carbonyl (C=O) groups excluding carboxylic acids is 1. The third-order valence-corrected chi connectivity index (χ3v) is 2.64. The van der Waals surface area contributed by atoms with Crippen molar-refractivity contribution in [3.63, 3.8) is 0 Å². The van der Waals surface area contributed by atoms with Gasteiger partial charge < -0.3 is 10.4 Å². The quantitative estimate of drug-likeness (QED) is 0.711. The fourth-order valence-electron chi connectivity index (χ4n) is 1.54. The maximum Gasteiger partial charge on any atom is 0.241 e. The summed E-state index contributed by atoms with van der Waals surface area (Å²) in [5.41, 5.74) is 0. The molecule has 1 amide bonds. The number of nitrogens with zero attached hydrogens (tertiary/aromatic N) is 4. The van der Waals surface area contributed by atoms with Gasteiger partial charge in [-0.15, -0.1) is 5.10 Å². The molecule has 0 aromatic carbocycles. The Hall–Kier alpha value is -1.50. The van der Waals surface area contributed by atoms with Gasteiger partial charge in [-0.1, -0.05) is 20.8 Å². The average molecular weight is 255 g/mol. The molecule has 0 aliphatic heterocycles. The minimum atomic E-state index is -0.117. The van der Waals surface area contributed by atoms with Crippen LogP contribution in [0.5, 0.6) is 0 Å². The molecule has 2 N–H and O–H groups in total. The molecular weight excluding hydrogens is 234 g/mol. The molecule has 1 unspecified atom stereocenters. The summed E-state index contributed by atoms with van der Waals surface area (Å²) in [6.45, 7) is 6.76. The number of tetrazole rings is 1. The lowest BCUT2D eigenvalue weighted by Crippen LogP contribution is -2.32. The Morgan fingerprint density at radius 1 is 1.44 bits per heavy atom. The van der Waals surface area contributed by atoms with Crippen LogP contribution in [0.3, 0.4) is 0 Å². The zero-order chi connectivity index (χ0) is 13.5. The van der Waals surface area contributed by atoms with Crippen LogP contribution < -0.4 is 5.32 Å². The number of nitrogens with one attached hydrogen (secondary N) is 1. The molecule has 18 heavy (non-hydrogen) atoms. The molecule has 1 aromatic heterocycles. The molecule has 0 saturated carbocycles. The Kier molecular flexibility index (Phi) is 5.70. The van der Waals surface area contributed by atoms with E-state index in [2.05, 4.69) is 20.8 Å². The number of aromatic nitrogens is 4. The number of hydrogen-bond donors (Lipinski definition) is 2. The first-order valence-electron chi connectivity index (χ1n) is 6.18. The molecule has 1 rings (SSSR count). The molecule has 0 bridgehead atoms. The van der Waals surface area contributed by atoms with E-state index in [0.717, 1.165) is 0 Å². The van der Waals surface area contributed by atoms with Crippen LogP contribution in [0.15, 0.2) is 0 Å². The topological polar surface area (TPSA) is 92.9 Å². The second kappa shape index (κ2) is 7.05.